The average molecular weight is 479 g/mol. The molecule has 2 aromatic carbocycles. The van der Waals surface area contributed by atoms with E-state index in [-0.39, 0.29) is 21.3 Å². The number of aryl methyl sites for hydroxylation is 1. The number of hydrogen-bond donors (Lipinski definition) is 2. The summed E-state index contributed by atoms with van der Waals surface area (Å²) in [6.07, 6.45) is -2.11. The number of nitrogens with one attached hydrogen (secondary N) is 2. The number of sulfonamides is 1. The van der Waals surface area contributed by atoms with Crippen LogP contribution in [0.4, 0.5) is 24.5 Å². The van der Waals surface area contributed by atoms with Crippen molar-refractivity contribution in [1.29, 1.82) is 0 Å². The number of halogens is 4. The first kappa shape index (κ1) is 22.1. The number of rotatable bonds is 6. The number of para-hydroxylation sites is 2. The normalized spacial score (nSPS) is 13.1. The number of alkyl halides is 3. The van der Waals surface area contributed by atoms with E-state index >= 15 is 0 Å². The Kier molecular flexibility index (Phi) is 6.11. The Labute approximate surface area is 177 Å². The quantitative estimate of drug-likeness (QED) is 0.559. The summed E-state index contributed by atoms with van der Waals surface area (Å²) in [7, 11) is -4.56. The van der Waals surface area contributed by atoms with Gasteiger partial charge >= 0.3 is 6.18 Å². The summed E-state index contributed by atoms with van der Waals surface area (Å²) >= 11 is 5.58. The van der Waals surface area contributed by atoms with E-state index in [2.05, 4.69) is 14.4 Å². The molecule has 30 heavy (non-hydrogen) atoms. The Hall–Kier alpha value is -2.57. The van der Waals surface area contributed by atoms with Gasteiger partial charge < -0.3 is 4.57 Å². The van der Waals surface area contributed by atoms with Gasteiger partial charge in [0.2, 0.25) is 0 Å². The molecule has 0 fully saturated rings. The molecule has 0 aliphatic rings. The Bertz CT molecular complexity index is 1210. The van der Waals surface area contributed by atoms with Crippen molar-refractivity contribution in [3.8, 4) is 0 Å². The van der Waals surface area contributed by atoms with Crippen LogP contribution in [0.2, 0.25) is 5.02 Å². The number of anilines is 2. The molecule has 7 nitrogen and oxygen atoms in total. The highest BCUT2D eigenvalue weighted by atomic mass is 35.5. The van der Waals surface area contributed by atoms with E-state index in [4.69, 9.17) is 11.6 Å². The zero-order valence-electron chi connectivity index (χ0n) is 15.1. The lowest BCUT2D eigenvalue weighted by Crippen LogP contribution is -2.16. The second-order valence-electron chi connectivity index (χ2n) is 6.04. The van der Waals surface area contributed by atoms with Crippen LogP contribution in [-0.4, -0.2) is 22.2 Å². The molecule has 160 valence electrons. The van der Waals surface area contributed by atoms with Crippen LogP contribution in [0.25, 0.3) is 0 Å². The third-order valence-corrected chi connectivity index (χ3v) is 6.45. The topological polar surface area (TPSA) is 93.1 Å². The van der Waals surface area contributed by atoms with Crippen LogP contribution in [0.3, 0.4) is 0 Å². The van der Waals surface area contributed by atoms with Crippen molar-refractivity contribution < 1.29 is 25.8 Å². The lowest BCUT2D eigenvalue weighted by Gasteiger charge is -2.14. The lowest BCUT2D eigenvalue weighted by molar-refractivity contribution is -0.137. The zero-order valence-corrected chi connectivity index (χ0v) is 17.5. The predicted molar refractivity (Wildman–Crippen MR) is 107 cm³/mol. The van der Waals surface area contributed by atoms with Gasteiger partial charge in [-0.2, -0.15) is 21.6 Å². The first-order valence-corrected chi connectivity index (χ1v) is 11.1. The minimum atomic E-state index is -4.71. The van der Waals surface area contributed by atoms with Crippen molar-refractivity contribution in [2.24, 2.45) is 7.05 Å². The summed E-state index contributed by atoms with van der Waals surface area (Å²) in [4.78, 5) is 3.59. The summed E-state index contributed by atoms with van der Waals surface area (Å²) in [5, 5.41) is -0.750. The van der Waals surface area contributed by atoms with E-state index < -0.39 is 37.8 Å². The second-order valence-corrected chi connectivity index (χ2v) is 9.29. The molecule has 2 N–H and O–H groups in total. The van der Waals surface area contributed by atoms with Crippen LogP contribution in [0.5, 0.6) is 0 Å². The summed E-state index contributed by atoms with van der Waals surface area (Å²) in [5.41, 5.74) is -0.985. The van der Waals surface area contributed by atoms with Crippen LogP contribution in [0.15, 0.2) is 64.9 Å². The lowest BCUT2D eigenvalue weighted by atomic mass is 10.2. The van der Waals surface area contributed by atoms with Gasteiger partial charge in [0.1, 0.15) is 11.0 Å². The minimum Gasteiger partial charge on any atom is -0.339 e. The molecule has 13 heteroatoms. The fourth-order valence-electron chi connectivity index (χ4n) is 2.38. The average Bonchev–Trinajstić information content (AvgIpc) is 3.10. The summed E-state index contributed by atoms with van der Waals surface area (Å²) in [6.45, 7) is 0. The summed E-state index contributed by atoms with van der Waals surface area (Å²) < 4.78 is 83.0. The Balaban J connectivity index is 1.88. The molecule has 0 saturated heterocycles. The SMILES string of the molecule is Cn1cnc(S(=O)(=O)Nc2ccccc2NS(=O)c2ccc(Cl)c(C(F)(F)F)c2)c1. The Morgan fingerprint density at radius 1 is 1.13 bits per heavy atom. The Morgan fingerprint density at radius 2 is 1.80 bits per heavy atom. The fraction of sp³-hybridized carbons (Fsp3) is 0.118. The second kappa shape index (κ2) is 8.28. The number of hydrogen-bond acceptors (Lipinski definition) is 4. The van der Waals surface area contributed by atoms with Crippen LogP contribution >= 0.6 is 11.6 Å². The van der Waals surface area contributed by atoms with Gasteiger partial charge in [-0.1, -0.05) is 23.7 Å². The third-order valence-electron chi connectivity index (χ3n) is 3.79. The van der Waals surface area contributed by atoms with Crippen LogP contribution in [0, 0.1) is 0 Å². The van der Waals surface area contributed by atoms with Crippen LogP contribution in [-0.2, 0) is 34.2 Å². The molecule has 1 aromatic heterocycles. The first-order valence-electron chi connectivity index (χ1n) is 8.12. The van der Waals surface area contributed by atoms with Gasteiger partial charge in [0.15, 0.2) is 5.03 Å². The van der Waals surface area contributed by atoms with Crippen LogP contribution in [0.1, 0.15) is 5.56 Å². The zero-order chi connectivity index (χ0) is 22.1. The van der Waals surface area contributed by atoms with Crippen molar-refractivity contribution in [1.82, 2.24) is 9.55 Å². The predicted octanol–water partition coefficient (Wildman–Crippen LogP) is 4.03. The largest absolute Gasteiger partial charge is 0.417 e. The molecule has 3 aromatic rings. The monoisotopic (exact) mass is 478 g/mol. The van der Waals surface area contributed by atoms with Crippen molar-refractivity contribution >= 4 is 44.0 Å². The van der Waals surface area contributed by atoms with Crippen molar-refractivity contribution in [2.45, 2.75) is 16.1 Å². The highest BCUT2D eigenvalue weighted by Gasteiger charge is 2.33. The molecule has 1 atom stereocenters. The maximum Gasteiger partial charge on any atom is 0.417 e. The molecule has 1 unspecified atom stereocenters. The number of aromatic nitrogens is 2. The molecule has 0 bridgehead atoms. The molecule has 0 aliphatic carbocycles. The first-order chi connectivity index (χ1) is 14.0. The smallest absolute Gasteiger partial charge is 0.339 e. The Morgan fingerprint density at radius 3 is 2.40 bits per heavy atom. The van der Waals surface area contributed by atoms with E-state index in [0.717, 1.165) is 6.07 Å². The molecule has 0 aliphatic heterocycles. The van der Waals surface area contributed by atoms with Gasteiger partial charge in [0, 0.05) is 13.2 Å². The van der Waals surface area contributed by atoms with Gasteiger partial charge in [-0.15, -0.1) is 0 Å². The van der Waals surface area contributed by atoms with Gasteiger partial charge in [-0.05, 0) is 30.3 Å². The standard InChI is InChI=1S/C17H14ClF3N4O3S2/c1-25-9-16(22-10-25)30(27,28)24-15-5-3-2-4-14(15)23-29(26)11-6-7-13(18)12(8-11)17(19,20)21/h2-10,23-24H,1H3. The highest BCUT2D eigenvalue weighted by Crippen LogP contribution is 2.36. The molecule has 3 rings (SSSR count). The number of imidazole rings is 1. The maximum absolute atomic E-state index is 13.0. The van der Waals surface area contributed by atoms with E-state index in [1.54, 1.807) is 13.1 Å². The molecular weight excluding hydrogens is 465 g/mol. The van der Waals surface area contributed by atoms with Gasteiger partial charge in [0.25, 0.3) is 10.0 Å². The number of benzene rings is 2. The van der Waals surface area contributed by atoms with Gasteiger partial charge in [-0.3, -0.25) is 9.44 Å². The van der Waals surface area contributed by atoms with Crippen molar-refractivity contribution in [2.75, 3.05) is 9.44 Å². The van der Waals surface area contributed by atoms with E-state index in [0.29, 0.717) is 6.07 Å². The molecule has 0 amide bonds. The minimum absolute atomic E-state index is 0.0431. The van der Waals surface area contributed by atoms with Crippen LogP contribution < -0.4 is 9.44 Å². The van der Waals surface area contributed by atoms with Crippen molar-refractivity contribution in [3.05, 3.63) is 65.6 Å². The van der Waals surface area contributed by atoms with E-state index in [9.17, 15) is 25.8 Å². The molecule has 0 radical (unpaired) electrons. The molecule has 0 saturated carbocycles. The van der Waals surface area contributed by atoms with E-state index in [1.807, 2.05) is 0 Å². The summed E-state index contributed by atoms with van der Waals surface area (Å²) in [5.74, 6) is 0. The maximum atomic E-state index is 13.0. The third kappa shape index (κ3) is 4.94. The van der Waals surface area contributed by atoms with Gasteiger partial charge in [0.05, 0.1) is 33.2 Å². The van der Waals surface area contributed by atoms with Gasteiger partial charge in [-0.25, -0.2) is 9.19 Å². The van der Waals surface area contributed by atoms with Crippen molar-refractivity contribution in [3.63, 3.8) is 0 Å². The highest BCUT2D eigenvalue weighted by molar-refractivity contribution is 7.92. The fourth-order valence-corrected chi connectivity index (χ4v) is 4.58. The molecule has 0 spiro atoms. The summed E-state index contributed by atoms with van der Waals surface area (Å²) in [6, 6.07) is 8.76. The molecular formula is C17H14ClF3N4O3S2. The molecule has 1 heterocycles. The number of nitrogens with zero attached hydrogens (tertiary/aromatic N) is 2. The van der Waals surface area contributed by atoms with E-state index in [1.165, 1.54) is 41.4 Å².